The molecule has 0 aliphatic carbocycles. The molecule has 2 atom stereocenters. The van der Waals surface area contributed by atoms with Gasteiger partial charge < -0.3 is 20.1 Å². The molecule has 1 aromatic rings. The standard InChI is InChI=1S/C19H28N2O3/c1-3-23-16-7-8-18(24-4-2)17(12-16)21-19(22)11-13-9-14-5-6-15(10-13)20-14/h7-8,12-15,20H,3-6,9-11H2,1-2H3,(H,21,22). The number of ether oxygens (including phenoxy) is 2. The van der Waals surface area contributed by atoms with Crippen LogP contribution in [-0.4, -0.2) is 31.2 Å². The van der Waals surface area contributed by atoms with E-state index in [0.29, 0.717) is 49.1 Å². The van der Waals surface area contributed by atoms with E-state index in [4.69, 9.17) is 9.47 Å². The topological polar surface area (TPSA) is 59.6 Å². The van der Waals surface area contributed by atoms with Gasteiger partial charge >= 0.3 is 0 Å². The Hall–Kier alpha value is -1.75. The molecule has 1 amide bonds. The Bertz CT molecular complexity index is 564. The molecular weight excluding hydrogens is 304 g/mol. The molecule has 2 aliphatic rings. The summed E-state index contributed by atoms with van der Waals surface area (Å²) < 4.78 is 11.2. The van der Waals surface area contributed by atoms with Crippen LogP contribution < -0.4 is 20.1 Å². The zero-order chi connectivity index (χ0) is 16.9. The van der Waals surface area contributed by atoms with Crippen molar-refractivity contribution in [3.05, 3.63) is 18.2 Å². The first-order chi connectivity index (χ1) is 11.7. The average molecular weight is 332 g/mol. The lowest BCUT2D eigenvalue weighted by atomic mass is 9.89. The van der Waals surface area contributed by atoms with Crippen molar-refractivity contribution in [3.8, 4) is 11.5 Å². The first-order valence-electron chi connectivity index (χ1n) is 9.13. The Labute approximate surface area is 144 Å². The monoisotopic (exact) mass is 332 g/mol. The highest BCUT2D eigenvalue weighted by Gasteiger charge is 2.34. The molecule has 0 aromatic heterocycles. The van der Waals surface area contributed by atoms with Crippen LogP contribution in [0.3, 0.4) is 0 Å². The number of nitrogens with one attached hydrogen (secondary N) is 2. The van der Waals surface area contributed by atoms with Crippen LogP contribution in [0.4, 0.5) is 5.69 Å². The van der Waals surface area contributed by atoms with Crippen LogP contribution >= 0.6 is 0 Å². The number of carbonyl (C=O) groups excluding carboxylic acids is 1. The molecule has 2 saturated heterocycles. The highest BCUT2D eigenvalue weighted by molar-refractivity contribution is 5.92. The van der Waals surface area contributed by atoms with E-state index in [1.165, 1.54) is 12.8 Å². The first kappa shape index (κ1) is 17.1. The van der Waals surface area contributed by atoms with Gasteiger partial charge in [-0.25, -0.2) is 0 Å². The van der Waals surface area contributed by atoms with E-state index in [-0.39, 0.29) is 5.91 Å². The lowest BCUT2D eigenvalue weighted by molar-refractivity contribution is -0.117. The van der Waals surface area contributed by atoms with E-state index >= 15 is 0 Å². The maximum absolute atomic E-state index is 12.5. The number of anilines is 1. The number of rotatable bonds is 7. The molecule has 5 nitrogen and oxygen atoms in total. The molecule has 5 heteroatoms. The normalized spacial score (nSPS) is 25.3. The third-order valence-electron chi connectivity index (χ3n) is 4.88. The predicted octanol–water partition coefficient (Wildman–Crippen LogP) is 3.34. The van der Waals surface area contributed by atoms with Gasteiger partial charge in [0.1, 0.15) is 11.5 Å². The minimum absolute atomic E-state index is 0.0656. The second-order valence-electron chi connectivity index (χ2n) is 6.75. The molecule has 24 heavy (non-hydrogen) atoms. The van der Waals surface area contributed by atoms with Gasteiger partial charge in [-0.3, -0.25) is 4.79 Å². The Balaban J connectivity index is 1.63. The van der Waals surface area contributed by atoms with Gasteiger partial charge in [-0.2, -0.15) is 0 Å². The molecule has 0 saturated carbocycles. The minimum atomic E-state index is 0.0656. The number of hydrogen-bond donors (Lipinski definition) is 2. The minimum Gasteiger partial charge on any atom is -0.494 e. The van der Waals surface area contributed by atoms with Crippen molar-refractivity contribution < 1.29 is 14.3 Å². The van der Waals surface area contributed by atoms with Gasteiger partial charge in [0.25, 0.3) is 0 Å². The molecule has 0 radical (unpaired) electrons. The van der Waals surface area contributed by atoms with Gasteiger partial charge in [0.15, 0.2) is 0 Å². The maximum atomic E-state index is 12.5. The fraction of sp³-hybridized carbons (Fsp3) is 0.632. The summed E-state index contributed by atoms with van der Waals surface area (Å²) in [5.41, 5.74) is 0.699. The summed E-state index contributed by atoms with van der Waals surface area (Å²) in [4.78, 5) is 12.5. The van der Waals surface area contributed by atoms with Crippen LogP contribution in [-0.2, 0) is 4.79 Å². The van der Waals surface area contributed by atoms with Crippen molar-refractivity contribution in [1.82, 2.24) is 5.32 Å². The Morgan fingerprint density at radius 2 is 1.88 bits per heavy atom. The van der Waals surface area contributed by atoms with Crippen molar-refractivity contribution in [2.45, 2.75) is 58.0 Å². The summed E-state index contributed by atoms with van der Waals surface area (Å²) in [6.07, 6.45) is 5.32. The van der Waals surface area contributed by atoms with Gasteiger partial charge in [-0.1, -0.05) is 0 Å². The molecule has 2 fully saturated rings. The van der Waals surface area contributed by atoms with E-state index in [9.17, 15) is 4.79 Å². The Morgan fingerprint density at radius 3 is 2.54 bits per heavy atom. The number of piperidine rings is 1. The van der Waals surface area contributed by atoms with E-state index in [2.05, 4.69) is 10.6 Å². The smallest absolute Gasteiger partial charge is 0.224 e. The second-order valence-corrected chi connectivity index (χ2v) is 6.75. The lowest BCUT2D eigenvalue weighted by Crippen LogP contribution is -2.39. The zero-order valence-electron chi connectivity index (χ0n) is 14.6. The maximum Gasteiger partial charge on any atom is 0.224 e. The number of hydrogen-bond acceptors (Lipinski definition) is 4. The fourth-order valence-electron chi connectivity index (χ4n) is 3.95. The first-order valence-corrected chi connectivity index (χ1v) is 9.13. The van der Waals surface area contributed by atoms with Crippen molar-refractivity contribution in [3.63, 3.8) is 0 Å². The summed E-state index contributed by atoms with van der Waals surface area (Å²) in [5, 5.41) is 6.65. The summed E-state index contributed by atoms with van der Waals surface area (Å²) >= 11 is 0. The van der Waals surface area contributed by atoms with Crippen molar-refractivity contribution in [2.75, 3.05) is 18.5 Å². The Morgan fingerprint density at radius 1 is 1.17 bits per heavy atom. The van der Waals surface area contributed by atoms with Crippen LogP contribution in [0.1, 0.15) is 46.0 Å². The number of carbonyl (C=O) groups is 1. The van der Waals surface area contributed by atoms with Crippen molar-refractivity contribution in [2.24, 2.45) is 5.92 Å². The molecule has 0 spiro atoms. The molecule has 132 valence electrons. The molecule has 2 bridgehead atoms. The largest absolute Gasteiger partial charge is 0.494 e. The van der Waals surface area contributed by atoms with Crippen LogP contribution in [0.2, 0.25) is 0 Å². The number of amides is 1. The number of benzene rings is 1. The van der Waals surface area contributed by atoms with Gasteiger partial charge in [0, 0.05) is 24.6 Å². The lowest BCUT2D eigenvalue weighted by Gasteiger charge is -2.28. The summed E-state index contributed by atoms with van der Waals surface area (Å²) in [6, 6.07) is 6.80. The van der Waals surface area contributed by atoms with Gasteiger partial charge in [0.2, 0.25) is 5.91 Å². The van der Waals surface area contributed by atoms with Gasteiger partial charge in [-0.05, 0) is 57.6 Å². The van der Waals surface area contributed by atoms with Crippen LogP contribution in [0, 0.1) is 5.92 Å². The van der Waals surface area contributed by atoms with E-state index in [1.54, 1.807) is 0 Å². The predicted molar refractivity (Wildman–Crippen MR) is 94.7 cm³/mol. The fourth-order valence-corrected chi connectivity index (χ4v) is 3.95. The number of fused-ring (bicyclic) bond motifs is 2. The quantitative estimate of drug-likeness (QED) is 0.804. The van der Waals surface area contributed by atoms with Gasteiger partial charge in [-0.15, -0.1) is 0 Å². The summed E-state index contributed by atoms with van der Waals surface area (Å²) in [5.74, 6) is 1.99. The Kier molecular flexibility index (Phi) is 5.61. The van der Waals surface area contributed by atoms with Crippen LogP contribution in [0.25, 0.3) is 0 Å². The van der Waals surface area contributed by atoms with E-state index < -0.39 is 0 Å². The third kappa shape index (κ3) is 4.20. The average Bonchev–Trinajstić information content (AvgIpc) is 2.89. The van der Waals surface area contributed by atoms with E-state index in [1.807, 2.05) is 32.0 Å². The summed E-state index contributed by atoms with van der Waals surface area (Å²) in [6.45, 7) is 5.04. The van der Waals surface area contributed by atoms with Crippen molar-refractivity contribution in [1.29, 1.82) is 0 Å². The molecule has 2 aliphatic heterocycles. The molecule has 1 aromatic carbocycles. The van der Waals surface area contributed by atoms with Crippen LogP contribution in [0.15, 0.2) is 18.2 Å². The van der Waals surface area contributed by atoms with Crippen molar-refractivity contribution >= 4 is 11.6 Å². The SMILES string of the molecule is CCOc1ccc(OCC)c(NC(=O)CC2CC3CCC(C2)N3)c1. The molecule has 3 rings (SSSR count). The highest BCUT2D eigenvalue weighted by atomic mass is 16.5. The summed E-state index contributed by atoms with van der Waals surface area (Å²) in [7, 11) is 0. The van der Waals surface area contributed by atoms with Gasteiger partial charge in [0.05, 0.1) is 18.9 Å². The molecule has 2 N–H and O–H groups in total. The van der Waals surface area contributed by atoms with Crippen LogP contribution in [0.5, 0.6) is 11.5 Å². The van der Waals surface area contributed by atoms with E-state index in [0.717, 1.165) is 18.6 Å². The zero-order valence-corrected chi connectivity index (χ0v) is 14.6. The molecule has 2 unspecified atom stereocenters. The third-order valence-corrected chi connectivity index (χ3v) is 4.88. The molecule has 2 heterocycles. The molecular formula is C19H28N2O3. The second kappa shape index (κ2) is 7.88. The highest BCUT2D eigenvalue weighted by Crippen LogP contribution is 2.34.